The second-order valence-corrected chi connectivity index (χ2v) is 9.83. The molecule has 2 aromatic carbocycles. The Balaban J connectivity index is 1.68. The second-order valence-electron chi connectivity index (χ2n) is 7.94. The first-order valence-corrected chi connectivity index (χ1v) is 11.9. The van der Waals surface area contributed by atoms with E-state index in [1.165, 1.54) is 12.1 Å². The zero-order valence-electron chi connectivity index (χ0n) is 18.4. The van der Waals surface area contributed by atoms with Gasteiger partial charge < -0.3 is 15.2 Å². The van der Waals surface area contributed by atoms with E-state index in [9.17, 15) is 23.1 Å². The van der Waals surface area contributed by atoms with E-state index in [-0.39, 0.29) is 17.9 Å². The number of carbonyl (C=O) groups excluding carboxylic acids is 2. The molecule has 0 bridgehead atoms. The van der Waals surface area contributed by atoms with Crippen molar-refractivity contribution in [3.05, 3.63) is 59.2 Å². The van der Waals surface area contributed by atoms with Crippen molar-refractivity contribution in [2.45, 2.75) is 50.7 Å². The fourth-order valence-electron chi connectivity index (χ4n) is 3.57. The van der Waals surface area contributed by atoms with Gasteiger partial charge in [0.2, 0.25) is 10.0 Å². The monoisotopic (exact) mass is 460 g/mol. The van der Waals surface area contributed by atoms with Crippen LogP contribution in [0.5, 0.6) is 0 Å². The lowest BCUT2D eigenvalue weighted by atomic mass is 10.1. The first kappa shape index (κ1) is 23.9. The Hall–Kier alpha value is -2.75. The molecule has 0 aromatic heterocycles. The van der Waals surface area contributed by atoms with Gasteiger partial charge in [0.15, 0.2) is 6.61 Å². The number of aliphatic hydroxyl groups is 1. The number of nitrogens with zero attached hydrogens (tertiary/aromatic N) is 1. The van der Waals surface area contributed by atoms with E-state index in [4.69, 9.17) is 4.74 Å². The maximum absolute atomic E-state index is 13.1. The Morgan fingerprint density at radius 2 is 1.91 bits per heavy atom. The minimum atomic E-state index is -4.03. The normalized spacial score (nSPS) is 19.0. The Kier molecular flexibility index (Phi) is 7.33. The molecule has 32 heavy (non-hydrogen) atoms. The van der Waals surface area contributed by atoms with Crippen LogP contribution >= 0.6 is 0 Å². The number of carbonyl (C=O) groups is 2. The quantitative estimate of drug-likeness (QED) is 0.613. The molecule has 9 heteroatoms. The van der Waals surface area contributed by atoms with Crippen molar-refractivity contribution in [2.24, 2.45) is 0 Å². The lowest BCUT2D eigenvalue weighted by Gasteiger charge is -2.22. The van der Waals surface area contributed by atoms with Crippen molar-refractivity contribution < 1.29 is 27.9 Å². The van der Waals surface area contributed by atoms with Crippen LogP contribution in [0.1, 0.15) is 30.0 Å². The fraction of sp³-hybridized carbons (Fsp3) is 0.391. The molecule has 3 rings (SSSR count). The summed E-state index contributed by atoms with van der Waals surface area (Å²) in [5.41, 5.74) is 3.37. The van der Waals surface area contributed by atoms with Gasteiger partial charge in [0.05, 0.1) is 11.0 Å². The molecule has 2 atom stereocenters. The number of hydrogen-bond acceptors (Lipinski definition) is 6. The number of hydrogen-bond donors (Lipinski definition) is 2. The molecule has 0 saturated carbocycles. The highest BCUT2D eigenvalue weighted by atomic mass is 32.2. The maximum Gasteiger partial charge on any atom is 0.325 e. The van der Waals surface area contributed by atoms with Crippen LogP contribution < -0.4 is 5.32 Å². The Morgan fingerprint density at radius 3 is 2.59 bits per heavy atom. The number of β-amino-alcohol motifs (C(OH)–C–C–N with tert-alkyl or cyclic N) is 1. The Labute approximate surface area is 188 Å². The number of nitrogens with one attached hydrogen (secondary N) is 1. The first-order valence-electron chi connectivity index (χ1n) is 10.4. The van der Waals surface area contributed by atoms with E-state index in [2.05, 4.69) is 5.32 Å². The predicted octanol–water partition coefficient (Wildman–Crippen LogP) is 2.17. The largest absolute Gasteiger partial charge is 0.454 e. The van der Waals surface area contributed by atoms with Crippen LogP contribution in [0.2, 0.25) is 0 Å². The molecule has 1 aliphatic rings. The van der Waals surface area contributed by atoms with E-state index in [0.717, 1.165) is 27.4 Å². The molecule has 1 saturated heterocycles. The van der Waals surface area contributed by atoms with E-state index < -0.39 is 40.7 Å². The summed E-state index contributed by atoms with van der Waals surface area (Å²) in [7, 11) is -4.03. The lowest BCUT2D eigenvalue weighted by molar-refractivity contribution is -0.150. The zero-order valence-corrected chi connectivity index (χ0v) is 19.2. The minimum Gasteiger partial charge on any atom is -0.454 e. The third-order valence-corrected chi connectivity index (χ3v) is 7.43. The standard InChI is InChI=1S/C23H28N2O6S/c1-4-17-6-5-7-18(11-17)24-22(27)14-31-23(28)21-12-19(26)13-25(21)32(29,30)20-9-8-15(2)16(3)10-20/h5-11,19,21,26H,4,12-14H2,1-3H3,(H,24,27). The third-order valence-electron chi connectivity index (χ3n) is 5.56. The van der Waals surface area contributed by atoms with Gasteiger partial charge in [0, 0.05) is 18.7 Å². The number of aliphatic hydroxyl groups excluding tert-OH is 1. The number of benzene rings is 2. The molecular formula is C23H28N2O6S. The van der Waals surface area contributed by atoms with Crippen molar-refractivity contribution in [3.8, 4) is 0 Å². The average Bonchev–Trinajstić information content (AvgIpc) is 3.16. The number of rotatable bonds is 7. The number of amides is 1. The smallest absolute Gasteiger partial charge is 0.325 e. The number of aryl methyl sites for hydroxylation is 3. The Morgan fingerprint density at radius 1 is 1.16 bits per heavy atom. The summed E-state index contributed by atoms with van der Waals surface area (Å²) in [5.74, 6) is -1.40. The molecule has 2 unspecified atom stereocenters. The van der Waals surface area contributed by atoms with Gasteiger partial charge in [0.25, 0.3) is 5.91 Å². The summed E-state index contributed by atoms with van der Waals surface area (Å²) in [6, 6.07) is 10.8. The topological polar surface area (TPSA) is 113 Å². The van der Waals surface area contributed by atoms with Crippen LogP contribution in [0.15, 0.2) is 47.4 Å². The van der Waals surface area contributed by atoms with E-state index in [1.807, 2.05) is 32.0 Å². The second kappa shape index (κ2) is 9.81. The summed E-state index contributed by atoms with van der Waals surface area (Å²) in [6.45, 7) is 4.89. The van der Waals surface area contributed by atoms with Crippen molar-refractivity contribution >= 4 is 27.6 Å². The van der Waals surface area contributed by atoms with Gasteiger partial charge in [0.1, 0.15) is 6.04 Å². The highest BCUT2D eigenvalue weighted by molar-refractivity contribution is 7.89. The molecular weight excluding hydrogens is 432 g/mol. The highest BCUT2D eigenvalue weighted by Gasteiger charge is 2.44. The average molecular weight is 461 g/mol. The first-order chi connectivity index (χ1) is 15.1. The summed E-state index contributed by atoms with van der Waals surface area (Å²) < 4.78 is 32.3. The van der Waals surface area contributed by atoms with Crippen LogP contribution in [0, 0.1) is 13.8 Å². The van der Waals surface area contributed by atoms with Crippen LogP contribution in [-0.4, -0.2) is 55.0 Å². The summed E-state index contributed by atoms with van der Waals surface area (Å²) in [5, 5.41) is 12.7. The third kappa shape index (κ3) is 5.35. The molecule has 1 heterocycles. The van der Waals surface area contributed by atoms with Gasteiger partial charge in [-0.25, -0.2) is 8.42 Å². The molecule has 2 N–H and O–H groups in total. The number of esters is 1. The van der Waals surface area contributed by atoms with Gasteiger partial charge in [-0.1, -0.05) is 25.1 Å². The Bertz CT molecular complexity index is 1120. The minimum absolute atomic E-state index is 0.0426. The molecule has 0 spiro atoms. The summed E-state index contributed by atoms with van der Waals surface area (Å²) in [6.07, 6.45) is -0.282. The van der Waals surface area contributed by atoms with E-state index in [1.54, 1.807) is 19.1 Å². The molecule has 172 valence electrons. The molecule has 0 radical (unpaired) electrons. The van der Waals surface area contributed by atoms with Gasteiger partial charge >= 0.3 is 5.97 Å². The molecule has 0 aliphatic carbocycles. The highest BCUT2D eigenvalue weighted by Crippen LogP contribution is 2.28. The predicted molar refractivity (Wildman–Crippen MR) is 120 cm³/mol. The van der Waals surface area contributed by atoms with Crippen molar-refractivity contribution in [1.82, 2.24) is 4.31 Å². The van der Waals surface area contributed by atoms with E-state index >= 15 is 0 Å². The van der Waals surface area contributed by atoms with Crippen LogP contribution in [0.25, 0.3) is 0 Å². The van der Waals surface area contributed by atoms with Crippen LogP contribution in [0.4, 0.5) is 5.69 Å². The zero-order chi connectivity index (χ0) is 23.5. The maximum atomic E-state index is 13.1. The van der Waals surface area contributed by atoms with Crippen LogP contribution in [-0.2, 0) is 30.8 Å². The lowest BCUT2D eigenvalue weighted by Crippen LogP contribution is -2.42. The fourth-order valence-corrected chi connectivity index (χ4v) is 5.28. The van der Waals surface area contributed by atoms with E-state index in [0.29, 0.717) is 5.69 Å². The molecule has 8 nitrogen and oxygen atoms in total. The van der Waals surface area contributed by atoms with Crippen molar-refractivity contribution in [1.29, 1.82) is 0 Å². The number of ether oxygens (including phenoxy) is 1. The SMILES string of the molecule is CCc1cccc(NC(=O)COC(=O)C2CC(O)CN2S(=O)(=O)c2ccc(C)c(C)c2)c1. The number of sulfonamides is 1. The van der Waals surface area contributed by atoms with Crippen molar-refractivity contribution in [2.75, 3.05) is 18.5 Å². The van der Waals surface area contributed by atoms with Gasteiger partial charge in [-0.2, -0.15) is 4.31 Å². The summed E-state index contributed by atoms with van der Waals surface area (Å²) >= 11 is 0. The van der Waals surface area contributed by atoms with Gasteiger partial charge in [-0.15, -0.1) is 0 Å². The number of anilines is 1. The van der Waals surface area contributed by atoms with Gasteiger partial charge in [-0.05, 0) is 61.2 Å². The molecule has 1 fully saturated rings. The van der Waals surface area contributed by atoms with Gasteiger partial charge in [-0.3, -0.25) is 9.59 Å². The van der Waals surface area contributed by atoms with Crippen LogP contribution in [0.3, 0.4) is 0 Å². The molecule has 1 amide bonds. The molecule has 1 aliphatic heterocycles. The van der Waals surface area contributed by atoms with Crippen molar-refractivity contribution in [3.63, 3.8) is 0 Å². The summed E-state index contributed by atoms with van der Waals surface area (Å²) in [4.78, 5) is 24.9. The molecule has 2 aromatic rings.